The number of hydrogen-bond acceptors (Lipinski definition) is 4. The predicted molar refractivity (Wildman–Crippen MR) is 158 cm³/mol. The van der Waals surface area contributed by atoms with Gasteiger partial charge in [-0.2, -0.15) is 0 Å². The third-order valence-corrected chi connectivity index (χ3v) is 6.97. The van der Waals surface area contributed by atoms with Crippen LogP contribution < -0.4 is 4.90 Å². The first-order chi connectivity index (χ1) is 18.4. The number of aliphatic carboxylic acids is 1. The fourth-order valence-corrected chi connectivity index (χ4v) is 5.24. The lowest BCUT2D eigenvalue weighted by Gasteiger charge is -2.35. The molecule has 2 N–H and O–H groups in total. The molecule has 206 valence electrons. The van der Waals surface area contributed by atoms with Gasteiger partial charge < -0.3 is 24.4 Å². The number of carboxylic acid groups (broad SMARTS) is 1. The summed E-state index contributed by atoms with van der Waals surface area (Å²) in [5, 5.41) is 20.9. The molecule has 8 nitrogen and oxygen atoms in total. The Hall–Kier alpha value is -3.75. The molecular formula is C31H38N4O4. The van der Waals surface area contributed by atoms with Crippen molar-refractivity contribution in [1.82, 2.24) is 4.57 Å². The number of aliphatic imine (C=N–C) groups is 2. The Kier molecular flexibility index (Phi) is 7.82. The van der Waals surface area contributed by atoms with Gasteiger partial charge in [0.15, 0.2) is 6.10 Å². The van der Waals surface area contributed by atoms with Gasteiger partial charge in [-0.05, 0) is 83.5 Å². The number of benzene rings is 2. The Morgan fingerprint density at radius 3 is 2.41 bits per heavy atom. The van der Waals surface area contributed by atoms with Crippen LogP contribution in [0.25, 0.3) is 22.0 Å². The van der Waals surface area contributed by atoms with Gasteiger partial charge in [-0.25, -0.2) is 14.8 Å². The van der Waals surface area contributed by atoms with E-state index < -0.39 is 17.7 Å². The van der Waals surface area contributed by atoms with Crippen LogP contribution in [0.3, 0.4) is 0 Å². The van der Waals surface area contributed by atoms with E-state index in [9.17, 15) is 15.0 Å². The van der Waals surface area contributed by atoms with Gasteiger partial charge in [-0.1, -0.05) is 29.8 Å². The van der Waals surface area contributed by atoms with Crippen molar-refractivity contribution in [3.05, 3.63) is 64.5 Å². The lowest BCUT2D eigenvalue weighted by Crippen LogP contribution is -2.37. The van der Waals surface area contributed by atoms with Gasteiger partial charge in [0, 0.05) is 35.9 Å². The molecule has 1 atom stereocenters. The molecule has 0 aliphatic carbocycles. The van der Waals surface area contributed by atoms with Crippen molar-refractivity contribution >= 4 is 35.2 Å². The number of carbonyl (C=O) groups is 1. The SMILES string of the molecule is C=NC(=N/C=C(\C)CO)N1CCn2c(C)cc3c(-c4ccc(C)cc4)c([C@H](OC(C)(C)C)C(=O)O)c(C)c1c32. The molecule has 0 radical (unpaired) electrons. The van der Waals surface area contributed by atoms with Gasteiger partial charge in [-0.3, -0.25) is 0 Å². The topological polar surface area (TPSA) is 99.7 Å². The Bertz CT molecular complexity index is 1490. The van der Waals surface area contributed by atoms with Crippen molar-refractivity contribution in [3.63, 3.8) is 0 Å². The standard InChI is InChI=1S/C31H38N4O4/c1-18-9-11-22(12-10-18)25-23-15-20(3)34-13-14-35(30(32-8)33-16-19(2)17-36)26(27(23)34)21(4)24(25)28(29(37)38)39-31(5,6)7/h9-12,15-16,28,36H,8,13-14,17H2,1-7H3,(H,37,38)/b19-16+,33-30?/t28-/m0/s1. The van der Waals surface area contributed by atoms with E-state index in [1.165, 1.54) is 0 Å². The predicted octanol–water partition coefficient (Wildman–Crippen LogP) is 5.95. The van der Waals surface area contributed by atoms with Crippen molar-refractivity contribution in [3.8, 4) is 11.1 Å². The maximum Gasteiger partial charge on any atom is 0.337 e. The summed E-state index contributed by atoms with van der Waals surface area (Å²) >= 11 is 0. The Balaban J connectivity index is 2.14. The van der Waals surface area contributed by atoms with E-state index in [-0.39, 0.29) is 6.61 Å². The van der Waals surface area contributed by atoms with Gasteiger partial charge in [0.25, 0.3) is 0 Å². The first-order valence-electron chi connectivity index (χ1n) is 13.1. The molecule has 0 bridgehead atoms. The van der Waals surface area contributed by atoms with Crippen LogP contribution >= 0.6 is 0 Å². The summed E-state index contributed by atoms with van der Waals surface area (Å²) in [6.07, 6.45) is 0.378. The molecule has 0 saturated heterocycles. The fourth-order valence-electron chi connectivity index (χ4n) is 5.24. The minimum absolute atomic E-state index is 0.112. The molecule has 0 spiro atoms. The molecule has 2 heterocycles. The summed E-state index contributed by atoms with van der Waals surface area (Å²) in [4.78, 5) is 23.6. The average Bonchev–Trinajstić information content (AvgIpc) is 3.21. The zero-order valence-corrected chi connectivity index (χ0v) is 23.9. The van der Waals surface area contributed by atoms with E-state index in [1.54, 1.807) is 13.1 Å². The third-order valence-electron chi connectivity index (χ3n) is 6.97. The van der Waals surface area contributed by atoms with Crippen molar-refractivity contribution in [2.75, 3.05) is 18.1 Å². The smallest absolute Gasteiger partial charge is 0.337 e. The molecule has 1 aliphatic rings. The van der Waals surface area contributed by atoms with E-state index in [4.69, 9.17) is 4.74 Å². The van der Waals surface area contributed by atoms with E-state index in [0.717, 1.165) is 44.5 Å². The van der Waals surface area contributed by atoms with Crippen molar-refractivity contribution in [2.24, 2.45) is 9.98 Å². The molecule has 0 saturated carbocycles. The molecule has 0 amide bonds. The third kappa shape index (κ3) is 5.40. The van der Waals surface area contributed by atoms with Crippen LogP contribution in [-0.4, -0.2) is 52.2 Å². The van der Waals surface area contributed by atoms with Gasteiger partial charge >= 0.3 is 5.97 Å². The number of aliphatic hydroxyl groups is 1. The number of ether oxygens (including phenoxy) is 1. The molecule has 39 heavy (non-hydrogen) atoms. The summed E-state index contributed by atoms with van der Waals surface area (Å²) < 4.78 is 8.51. The number of nitrogens with zero attached hydrogens (tertiary/aromatic N) is 4. The summed E-state index contributed by atoms with van der Waals surface area (Å²) in [5.74, 6) is -0.668. The average molecular weight is 531 g/mol. The molecule has 1 aromatic heterocycles. The van der Waals surface area contributed by atoms with E-state index in [0.29, 0.717) is 30.2 Å². The highest BCUT2D eigenvalue weighted by molar-refractivity contribution is 6.13. The molecule has 2 aromatic carbocycles. The lowest BCUT2D eigenvalue weighted by atomic mass is 9.87. The number of aryl methyl sites for hydroxylation is 2. The number of rotatable bonds is 6. The van der Waals surface area contributed by atoms with Crippen molar-refractivity contribution < 1.29 is 19.7 Å². The van der Waals surface area contributed by atoms with Crippen LogP contribution in [0.5, 0.6) is 0 Å². The van der Waals surface area contributed by atoms with Crippen LogP contribution in [0.15, 0.2) is 52.1 Å². The number of carboxylic acids is 1. The molecule has 4 rings (SSSR count). The van der Waals surface area contributed by atoms with Crippen molar-refractivity contribution in [2.45, 2.75) is 66.7 Å². The molecular weight excluding hydrogens is 492 g/mol. The van der Waals surface area contributed by atoms with Crippen LogP contribution in [0, 0.1) is 20.8 Å². The summed E-state index contributed by atoms with van der Waals surface area (Å²) in [6, 6.07) is 10.3. The first-order valence-corrected chi connectivity index (χ1v) is 13.1. The van der Waals surface area contributed by atoms with E-state index in [1.807, 2.05) is 63.8 Å². The number of hydrogen-bond donors (Lipinski definition) is 2. The van der Waals surface area contributed by atoms with Crippen LogP contribution in [0.2, 0.25) is 0 Å². The lowest BCUT2D eigenvalue weighted by molar-refractivity contribution is -0.160. The minimum atomic E-state index is -1.21. The second-order valence-electron chi connectivity index (χ2n) is 11.1. The van der Waals surface area contributed by atoms with Gasteiger partial charge in [0.2, 0.25) is 5.96 Å². The van der Waals surface area contributed by atoms with E-state index in [2.05, 4.69) is 34.3 Å². The zero-order valence-electron chi connectivity index (χ0n) is 23.9. The second kappa shape index (κ2) is 10.8. The first kappa shape index (κ1) is 28.3. The molecule has 0 fully saturated rings. The highest BCUT2D eigenvalue weighted by atomic mass is 16.5. The summed E-state index contributed by atoms with van der Waals surface area (Å²) in [7, 11) is 0. The van der Waals surface area contributed by atoms with Gasteiger partial charge in [0.05, 0.1) is 23.4 Å². The van der Waals surface area contributed by atoms with Crippen LogP contribution in [0.1, 0.15) is 56.2 Å². The summed E-state index contributed by atoms with van der Waals surface area (Å²) in [5.41, 5.74) is 7.20. The quantitative estimate of drug-likeness (QED) is 0.303. The molecule has 3 aromatic rings. The Labute approximate surface area is 230 Å². The van der Waals surface area contributed by atoms with E-state index >= 15 is 0 Å². The minimum Gasteiger partial charge on any atom is -0.479 e. The highest BCUT2D eigenvalue weighted by Crippen LogP contribution is 2.48. The zero-order chi connectivity index (χ0) is 28.6. The maximum absolute atomic E-state index is 12.8. The van der Waals surface area contributed by atoms with Crippen LogP contribution in [-0.2, 0) is 16.1 Å². The number of anilines is 1. The Morgan fingerprint density at radius 2 is 1.85 bits per heavy atom. The maximum atomic E-state index is 12.8. The highest BCUT2D eigenvalue weighted by Gasteiger charge is 2.36. The summed E-state index contributed by atoms with van der Waals surface area (Å²) in [6.45, 7) is 18.4. The molecule has 1 aliphatic heterocycles. The van der Waals surface area contributed by atoms with Crippen molar-refractivity contribution in [1.29, 1.82) is 0 Å². The Morgan fingerprint density at radius 1 is 1.18 bits per heavy atom. The largest absolute Gasteiger partial charge is 0.479 e. The van der Waals surface area contributed by atoms with Crippen LogP contribution in [0.4, 0.5) is 5.69 Å². The normalized spacial score (nSPS) is 15.1. The van der Waals surface area contributed by atoms with Gasteiger partial charge in [-0.15, -0.1) is 0 Å². The fraction of sp³-hybridized carbons (Fsp3) is 0.387. The molecule has 0 unspecified atom stereocenters. The van der Waals surface area contributed by atoms with Gasteiger partial charge in [0.1, 0.15) is 0 Å². The second-order valence-corrected chi connectivity index (χ2v) is 11.1. The monoisotopic (exact) mass is 530 g/mol. The number of aromatic nitrogens is 1. The number of aliphatic hydroxyl groups excluding tert-OH is 1. The molecule has 8 heteroatoms. The number of guanidine groups is 1.